The minimum Gasteiger partial charge on any atom is -0.362 e. The molecule has 40 heavy (non-hydrogen) atoms. The number of anilines is 5. The number of benzene rings is 3. The second kappa shape index (κ2) is 10.3. The van der Waals surface area contributed by atoms with Crippen LogP contribution in [0.1, 0.15) is 22.4 Å². The highest BCUT2D eigenvalue weighted by Crippen LogP contribution is 2.36. The van der Waals surface area contributed by atoms with E-state index < -0.39 is 29.3 Å². The standard InChI is InChI=1S/C28H18F4N6O2/c29-17-8-16(28(30,31)32)9-22(10-17)37-27(40)36-21-7-15(14-33)6-20(11-21)35-19-3-4-23-24(12-18-2-1-5-34-18)26(39)38-25(23)13-19/h1-13,34-35H,(H,38,39)(H2,36,37,40)/b24-12+. The number of hydrogen-bond donors (Lipinski definition) is 5. The van der Waals surface area contributed by atoms with E-state index in [-0.39, 0.29) is 17.2 Å². The number of amides is 3. The number of carbonyl (C=O) groups excluding carboxylic acids is 2. The first-order chi connectivity index (χ1) is 19.1. The first-order valence-electron chi connectivity index (χ1n) is 11.7. The van der Waals surface area contributed by atoms with Gasteiger partial charge in [-0.25, -0.2) is 9.18 Å². The van der Waals surface area contributed by atoms with Crippen molar-refractivity contribution in [3.8, 4) is 6.07 Å². The molecule has 0 spiro atoms. The summed E-state index contributed by atoms with van der Waals surface area (Å²) in [5.74, 6) is -1.42. The zero-order chi connectivity index (χ0) is 28.4. The number of carbonyl (C=O) groups is 2. The molecule has 0 aliphatic carbocycles. The Hall–Kier alpha value is -5.57. The lowest BCUT2D eigenvalue weighted by atomic mass is 10.1. The van der Waals surface area contributed by atoms with Gasteiger partial charge in [0, 0.05) is 40.2 Å². The summed E-state index contributed by atoms with van der Waals surface area (Å²) in [6, 6.07) is 15.9. The van der Waals surface area contributed by atoms with Gasteiger partial charge in [-0.2, -0.15) is 18.4 Å². The molecule has 0 saturated carbocycles. The predicted molar refractivity (Wildman–Crippen MR) is 142 cm³/mol. The molecule has 3 amide bonds. The van der Waals surface area contributed by atoms with Gasteiger partial charge in [0.25, 0.3) is 5.91 Å². The summed E-state index contributed by atoms with van der Waals surface area (Å²) < 4.78 is 52.6. The second-order valence-electron chi connectivity index (χ2n) is 8.74. The third kappa shape index (κ3) is 5.78. The molecule has 3 aromatic carbocycles. The number of hydrogen-bond acceptors (Lipinski definition) is 4. The molecule has 0 saturated heterocycles. The molecule has 0 atom stereocenters. The predicted octanol–water partition coefficient (Wildman–Crippen LogP) is 6.92. The van der Waals surface area contributed by atoms with Gasteiger partial charge in [-0.1, -0.05) is 6.07 Å². The number of urea groups is 1. The van der Waals surface area contributed by atoms with Crippen LogP contribution < -0.4 is 21.3 Å². The highest BCUT2D eigenvalue weighted by atomic mass is 19.4. The number of nitrogens with one attached hydrogen (secondary N) is 5. The van der Waals surface area contributed by atoms with E-state index in [4.69, 9.17) is 0 Å². The summed E-state index contributed by atoms with van der Waals surface area (Å²) >= 11 is 0. The zero-order valence-electron chi connectivity index (χ0n) is 20.3. The van der Waals surface area contributed by atoms with Crippen molar-refractivity contribution in [2.45, 2.75) is 6.18 Å². The minimum atomic E-state index is -4.79. The van der Waals surface area contributed by atoms with E-state index in [9.17, 15) is 32.4 Å². The van der Waals surface area contributed by atoms with Crippen LogP contribution in [0.15, 0.2) is 72.9 Å². The maximum atomic E-state index is 13.7. The van der Waals surface area contributed by atoms with Crippen molar-refractivity contribution in [1.29, 1.82) is 5.26 Å². The summed E-state index contributed by atoms with van der Waals surface area (Å²) in [4.78, 5) is 28.0. The van der Waals surface area contributed by atoms with E-state index in [1.165, 1.54) is 18.2 Å². The number of aromatic amines is 1. The largest absolute Gasteiger partial charge is 0.416 e. The molecule has 0 fully saturated rings. The Bertz CT molecular complexity index is 1700. The van der Waals surface area contributed by atoms with Crippen LogP contribution in [-0.4, -0.2) is 16.9 Å². The number of alkyl halides is 3. The molecular weight excluding hydrogens is 528 g/mol. The molecule has 1 aliphatic rings. The van der Waals surface area contributed by atoms with Crippen LogP contribution in [0.3, 0.4) is 0 Å². The van der Waals surface area contributed by atoms with Crippen LogP contribution in [0, 0.1) is 17.1 Å². The quantitative estimate of drug-likeness (QED) is 0.138. The zero-order valence-corrected chi connectivity index (χ0v) is 20.3. The van der Waals surface area contributed by atoms with E-state index in [2.05, 4.69) is 26.3 Å². The van der Waals surface area contributed by atoms with E-state index >= 15 is 0 Å². The molecule has 5 rings (SSSR count). The summed E-state index contributed by atoms with van der Waals surface area (Å²) in [5.41, 5.74) is 2.22. The average Bonchev–Trinajstić information content (AvgIpc) is 3.50. The second-order valence-corrected chi connectivity index (χ2v) is 8.74. The fourth-order valence-electron chi connectivity index (χ4n) is 4.13. The summed E-state index contributed by atoms with van der Waals surface area (Å²) in [6.45, 7) is 0. The van der Waals surface area contributed by atoms with Crippen LogP contribution in [-0.2, 0) is 11.0 Å². The van der Waals surface area contributed by atoms with Crippen LogP contribution in [0.4, 0.5) is 50.8 Å². The van der Waals surface area contributed by atoms with Gasteiger partial charge in [0.15, 0.2) is 0 Å². The third-order valence-electron chi connectivity index (χ3n) is 5.82. The normalized spacial score (nSPS) is 13.4. The highest BCUT2D eigenvalue weighted by molar-refractivity contribution is 6.35. The third-order valence-corrected chi connectivity index (χ3v) is 5.82. The number of halogens is 4. The Morgan fingerprint density at radius 2 is 1.68 bits per heavy atom. The number of rotatable bonds is 5. The van der Waals surface area contributed by atoms with E-state index in [0.29, 0.717) is 40.3 Å². The van der Waals surface area contributed by atoms with Gasteiger partial charge < -0.3 is 26.3 Å². The molecule has 1 aromatic heterocycles. The number of nitrogens with zero attached hydrogens (tertiary/aromatic N) is 1. The Balaban J connectivity index is 1.33. The van der Waals surface area contributed by atoms with Gasteiger partial charge in [-0.3, -0.25) is 4.79 Å². The number of H-pyrrole nitrogens is 1. The summed E-state index contributed by atoms with van der Waals surface area (Å²) in [7, 11) is 0. The lowest BCUT2D eigenvalue weighted by Gasteiger charge is -2.13. The van der Waals surface area contributed by atoms with Crippen molar-refractivity contribution < 1.29 is 27.2 Å². The van der Waals surface area contributed by atoms with Gasteiger partial charge in [0.05, 0.1) is 28.5 Å². The van der Waals surface area contributed by atoms with Crippen LogP contribution in [0.5, 0.6) is 0 Å². The van der Waals surface area contributed by atoms with E-state index in [1.807, 2.05) is 18.2 Å². The van der Waals surface area contributed by atoms with Crippen LogP contribution >= 0.6 is 0 Å². The Morgan fingerprint density at radius 1 is 0.925 bits per heavy atom. The maximum Gasteiger partial charge on any atom is 0.416 e. The molecule has 0 radical (unpaired) electrons. The van der Waals surface area contributed by atoms with Crippen molar-refractivity contribution in [3.63, 3.8) is 0 Å². The Labute approximate surface area is 224 Å². The van der Waals surface area contributed by atoms with Gasteiger partial charge in [-0.15, -0.1) is 0 Å². The van der Waals surface area contributed by atoms with Crippen molar-refractivity contribution >= 4 is 52.0 Å². The fourth-order valence-corrected chi connectivity index (χ4v) is 4.13. The number of fused-ring (bicyclic) bond motifs is 1. The average molecular weight is 546 g/mol. The maximum absolute atomic E-state index is 13.7. The lowest BCUT2D eigenvalue weighted by Crippen LogP contribution is -2.20. The van der Waals surface area contributed by atoms with Gasteiger partial charge in [0.1, 0.15) is 5.82 Å². The molecule has 0 unspecified atom stereocenters. The van der Waals surface area contributed by atoms with Gasteiger partial charge >= 0.3 is 12.2 Å². The van der Waals surface area contributed by atoms with Gasteiger partial charge in [-0.05, 0) is 66.7 Å². The van der Waals surface area contributed by atoms with Crippen molar-refractivity contribution in [2.75, 3.05) is 21.3 Å². The molecular formula is C28H18F4N6O2. The molecule has 4 aromatic rings. The molecule has 2 heterocycles. The Kier molecular flexibility index (Phi) is 6.71. The summed E-state index contributed by atoms with van der Waals surface area (Å²) in [5, 5.41) is 19.9. The first kappa shape index (κ1) is 26.1. The SMILES string of the molecule is N#Cc1cc(NC(=O)Nc2cc(F)cc(C(F)(F)F)c2)cc(Nc2ccc3c(c2)NC(=O)/C3=C/c2ccc[nH]2)c1. The Morgan fingerprint density at radius 3 is 2.38 bits per heavy atom. The molecule has 200 valence electrons. The van der Waals surface area contributed by atoms with Crippen molar-refractivity contribution in [2.24, 2.45) is 0 Å². The molecule has 12 heteroatoms. The fraction of sp³-hybridized carbons (Fsp3) is 0.0357. The smallest absolute Gasteiger partial charge is 0.362 e. The van der Waals surface area contributed by atoms with E-state index in [1.54, 1.807) is 30.5 Å². The summed E-state index contributed by atoms with van der Waals surface area (Å²) in [6.07, 6.45) is -1.31. The molecule has 8 nitrogen and oxygen atoms in total. The minimum absolute atomic E-state index is 0.150. The monoisotopic (exact) mass is 546 g/mol. The van der Waals surface area contributed by atoms with Crippen LogP contribution in [0.25, 0.3) is 11.6 Å². The first-order valence-corrected chi connectivity index (χ1v) is 11.7. The van der Waals surface area contributed by atoms with Crippen molar-refractivity contribution in [1.82, 2.24) is 4.98 Å². The van der Waals surface area contributed by atoms with Crippen molar-refractivity contribution in [3.05, 3.63) is 101 Å². The molecule has 1 aliphatic heterocycles. The van der Waals surface area contributed by atoms with E-state index in [0.717, 1.165) is 11.8 Å². The number of nitriles is 1. The number of aromatic nitrogens is 1. The lowest BCUT2D eigenvalue weighted by molar-refractivity contribution is -0.137. The van der Waals surface area contributed by atoms with Gasteiger partial charge in [0.2, 0.25) is 0 Å². The highest BCUT2D eigenvalue weighted by Gasteiger charge is 2.31. The molecule has 5 N–H and O–H groups in total. The topological polar surface area (TPSA) is 122 Å². The molecule has 0 bridgehead atoms. The van der Waals surface area contributed by atoms with Crippen LogP contribution in [0.2, 0.25) is 0 Å².